The van der Waals surface area contributed by atoms with Gasteiger partial charge in [0.05, 0.1) is 5.01 Å². The third-order valence-corrected chi connectivity index (χ3v) is 4.81. The normalized spacial score (nSPS) is 21.9. The molecule has 0 spiro atoms. The fourth-order valence-electron chi connectivity index (χ4n) is 2.53. The molecule has 15 heavy (non-hydrogen) atoms. The highest BCUT2D eigenvalue weighted by molar-refractivity contribution is 7.11. The minimum absolute atomic E-state index is 0.374. The largest absolute Gasteiger partial charge is 0.250 e. The predicted molar refractivity (Wildman–Crippen MR) is 69.4 cm³/mol. The molecule has 2 rings (SSSR count). The Kier molecular flexibility index (Phi) is 3.50. The molecule has 0 radical (unpaired) electrons. The Bertz CT molecular complexity index is 313. The van der Waals surface area contributed by atoms with E-state index in [1.807, 2.05) is 17.5 Å². The highest BCUT2D eigenvalue weighted by atomic mass is 32.1. The maximum absolute atomic E-state index is 4.60. The molecule has 0 N–H and O–H groups in total. The van der Waals surface area contributed by atoms with Crippen molar-refractivity contribution in [1.29, 1.82) is 0 Å². The Balaban J connectivity index is 2.15. The summed E-state index contributed by atoms with van der Waals surface area (Å²) in [4.78, 5) is 5.96. The van der Waals surface area contributed by atoms with E-state index in [1.165, 1.54) is 54.8 Å². The molecule has 0 atom stereocenters. The number of hydrogen-bond acceptors (Lipinski definition) is 2. The Hall–Kier alpha value is -0.305. The van der Waals surface area contributed by atoms with Crippen molar-refractivity contribution in [2.45, 2.75) is 57.2 Å². The van der Waals surface area contributed by atoms with Gasteiger partial charge in [-0.05, 0) is 25.1 Å². The predicted octanol–water partition coefficient (Wildman–Crippen LogP) is 3.02. The van der Waals surface area contributed by atoms with Gasteiger partial charge in [0.25, 0.3) is 0 Å². The van der Waals surface area contributed by atoms with Crippen LogP contribution >= 0.6 is 11.3 Å². The SMILES string of the molecule is BC1(c2ncc(C)s2)CCCCCCC1. The van der Waals surface area contributed by atoms with Crippen molar-refractivity contribution in [3.05, 3.63) is 16.1 Å². The number of thiazole rings is 1. The summed E-state index contributed by atoms with van der Waals surface area (Å²) >= 11 is 1.90. The van der Waals surface area contributed by atoms with Crippen LogP contribution < -0.4 is 0 Å². The molecule has 0 unspecified atom stereocenters. The molecule has 0 amide bonds. The quantitative estimate of drug-likeness (QED) is 0.664. The number of aromatic nitrogens is 1. The van der Waals surface area contributed by atoms with E-state index in [0.717, 1.165) is 0 Å². The maximum Gasteiger partial charge on any atom is 0.118 e. The van der Waals surface area contributed by atoms with E-state index in [-0.39, 0.29) is 0 Å². The number of aryl methyl sites for hydroxylation is 1. The molecule has 0 saturated heterocycles. The molecule has 0 aliphatic heterocycles. The summed E-state index contributed by atoms with van der Waals surface area (Å²) in [5.41, 5.74) is 0. The second-order valence-electron chi connectivity index (χ2n) is 5.10. The van der Waals surface area contributed by atoms with Crippen molar-refractivity contribution in [2.75, 3.05) is 0 Å². The van der Waals surface area contributed by atoms with Gasteiger partial charge in [0.1, 0.15) is 7.85 Å². The molecule has 1 fully saturated rings. The Morgan fingerprint density at radius 2 is 1.80 bits per heavy atom. The van der Waals surface area contributed by atoms with E-state index >= 15 is 0 Å². The molecule has 1 aliphatic carbocycles. The molecule has 82 valence electrons. The lowest BCUT2D eigenvalue weighted by Gasteiger charge is -2.29. The first kappa shape index (κ1) is 11.2. The molecular formula is C12H20BNS. The van der Waals surface area contributed by atoms with Crippen LogP contribution in [-0.4, -0.2) is 12.8 Å². The van der Waals surface area contributed by atoms with Crippen LogP contribution in [0.2, 0.25) is 0 Å². The van der Waals surface area contributed by atoms with Gasteiger partial charge in [-0.2, -0.15) is 0 Å². The van der Waals surface area contributed by atoms with Gasteiger partial charge in [-0.1, -0.05) is 32.1 Å². The molecule has 0 aromatic carbocycles. The fourth-order valence-corrected chi connectivity index (χ4v) is 3.50. The second-order valence-corrected chi connectivity index (χ2v) is 6.34. The third-order valence-electron chi connectivity index (χ3n) is 3.59. The number of rotatable bonds is 1. The van der Waals surface area contributed by atoms with Gasteiger partial charge < -0.3 is 0 Å². The average molecular weight is 221 g/mol. The molecule has 1 heterocycles. The van der Waals surface area contributed by atoms with Crippen molar-refractivity contribution < 1.29 is 0 Å². The molecule has 1 aliphatic rings. The van der Waals surface area contributed by atoms with Crippen molar-refractivity contribution in [3.8, 4) is 0 Å². The topological polar surface area (TPSA) is 12.9 Å². The standard InChI is InChI=1S/C12H20BNS/c1-10-9-14-11(15-10)12(13)7-5-3-2-4-6-8-12/h9H,2-8,13H2,1H3. The summed E-state index contributed by atoms with van der Waals surface area (Å²) in [6.07, 6.45) is 11.7. The third kappa shape index (κ3) is 2.63. The van der Waals surface area contributed by atoms with Gasteiger partial charge in [-0.15, -0.1) is 11.3 Å². The summed E-state index contributed by atoms with van der Waals surface area (Å²) in [5, 5.41) is 1.75. The van der Waals surface area contributed by atoms with E-state index in [2.05, 4.69) is 19.8 Å². The first-order chi connectivity index (χ1) is 7.21. The zero-order chi connectivity index (χ0) is 10.7. The molecular weight excluding hydrogens is 201 g/mol. The molecule has 1 aromatic heterocycles. The molecule has 1 saturated carbocycles. The van der Waals surface area contributed by atoms with E-state index in [9.17, 15) is 0 Å². The van der Waals surface area contributed by atoms with E-state index in [1.54, 1.807) is 0 Å². The van der Waals surface area contributed by atoms with Crippen LogP contribution in [0.5, 0.6) is 0 Å². The fraction of sp³-hybridized carbons (Fsp3) is 0.750. The molecule has 1 aromatic rings. The minimum atomic E-state index is 0.374. The van der Waals surface area contributed by atoms with Crippen LogP contribution in [0.3, 0.4) is 0 Å². The first-order valence-electron chi connectivity index (χ1n) is 6.14. The minimum Gasteiger partial charge on any atom is -0.250 e. The zero-order valence-corrected chi connectivity index (χ0v) is 10.7. The smallest absolute Gasteiger partial charge is 0.118 e. The molecule has 1 nitrogen and oxygen atoms in total. The second kappa shape index (κ2) is 4.69. The van der Waals surface area contributed by atoms with Gasteiger partial charge in [-0.25, -0.2) is 4.98 Å². The van der Waals surface area contributed by atoms with Crippen molar-refractivity contribution in [3.63, 3.8) is 0 Å². The summed E-state index contributed by atoms with van der Waals surface area (Å²) in [6.45, 7) is 2.16. The van der Waals surface area contributed by atoms with Gasteiger partial charge in [-0.3, -0.25) is 0 Å². The lowest BCUT2D eigenvalue weighted by Crippen LogP contribution is -2.27. The van der Waals surface area contributed by atoms with Gasteiger partial charge >= 0.3 is 0 Å². The van der Waals surface area contributed by atoms with Crippen LogP contribution in [0.15, 0.2) is 6.20 Å². The first-order valence-corrected chi connectivity index (χ1v) is 6.95. The van der Waals surface area contributed by atoms with Gasteiger partial charge in [0, 0.05) is 11.1 Å². The van der Waals surface area contributed by atoms with Crippen LogP contribution in [0.25, 0.3) is 0 Å². The van der Waals surface area contributed by atoms with Crippen LogP contribution in [0.1, 0.15) is 54.8 Å². The highest BCUT2D eigenvalue weighted by Gasteiger charge is 2.29. The average Bonchev–Trinajstić information content (AvgIpc) is 2.59. The summed E-state index contributed by atoms with van der Waals surface area (Å²) in [5.74, 6) is 0. The van der Waals surface area contributed by atoms with Crippen LogP contribution in [-0.2, 0) is 5.31 Å². The van der Waals surface area contributed by atoms with E-state index in [0.29, 0.717) is 5.31 Å². The van der Waals surface area contributed by atoms with Crippen molar-refractivity contribution in [1.82, 2.24) is 4.98 Å². The Morgan fingerprint density at radius 1 is 1.20 bits per heavy atom. The Morgan fingerprint density at radius 3 is 2.33 bits per heavy atom. The highest BCUT2D eigenvalue weighted by Crippen LogP contribution is 2.36. The van der Waals surface area contributed by atoms with Crippen LogP contribution in [0.4, 0.5) is 0 Å². The van der Waals surface area contributed by atoms with Gasteiger partial charge in [0.2, 0.25) is 0 Å². The van der Waals surface area contributed by atoms with Crippen molar-refractivity contribution in [2.24, 2.45) is 0 Å². The van der Waals surface area contributed by atoms with Crippen molar-refractivity contribution >= 4 is 19.2 Å². The van der Waals surface area contributed by atoms with Gasteiger partial charge in [0.15, 0.2) is 0 Å². The zero-order valence-electron chi connectivity index (χ0n) is 9.88. The lowest BCUT2D eigenvalue weighted by atomic mass is 9.62. The lowest BCUT2D eigenvalue weighted by molar-refractivity contribution is 0.414. The van der Waals surface area contributed by atoms with E-state index in [4.69, 9.17) is 0 Å². The molecule has 3 heteroatoms. The summed E-state index contributed by atoms with van der Waals surface area (Å²) in [6, 6.07) is 0. The monoisotopic (exact) mass is 221 g/mol. The van der Waals surface area contributed by atoms with E-state index < -0.39 is 0 Å². The van der Waals surface area contributed by atoms with Crippen LogP contribution in [0, 0.1) is 6.92 Å². The molecule has 0 bridgehead atoms. The summed E-state index contributed by atoms with van der Waals surface area (Å²) in [7, 11) is 2.41. The summed E-state index contributed by atoms with van der Waals surface area (Å²) < 4.78 is 0. The Labute approximate surface area is 97.7 Å². The number of hydrogen-bond donors (Lipinski definition) is 0. The maximum atomic E-state index is 4.60. The number of nitrogens with zero attached hydrogens (tertiary/aromatic N) is 1.